The van der Waals surface area contributed by atoms with E-state index in [4.69, 9.17) is 10.00 Å². The van der Waals surface area contributed by atoms with Gasteiger partial charge in [-0.2, -0.15) is 5.26 Å². The highest BCUT2D eigenvalue weighted by molar-refractivity contribution is 6.03. The largest absolute Gasteiger partial charge is 0.371 e. The molecule has 1 atom stereocenters. The van der Waals surface area contributed by atoms with E-state index in [1.165, 1.54) is 36.4 Å². The second kappa shape index (κ2) is 8.91. The number of aromatic nitrogens is 1. The molecule has 0 saturated carbocycles. The molecule has 1 fully saturated rings. The van der Waals surface area contributed by atoms with Crippen LogP contribution in [0.3, 0.4) is 0 Å². The predicted octanol–water partition coefficient (Wildman–Crippen LogP) is 3.33. The number of hydrogen-bond donors (Lipinski definition) is 1. The van der Waals surface area contributed by atoms with Crippen molar-refractivity contribution in [2.45, 2.75) is 20.0 Å². The van der Waals surface area contributed by atoms with Crippen molar-refractivity contribution in [1.82, 2.24) is 9.88 Å². The van der Waals surface area contributed by atoms with Gasteiger partial charge in [0.2, 0.25) is 0 Å². The number of hydrogen-bond acceptors (Lipinski definition) is 5. The van der Waals surface area contributed by atoms with Gasteiger partial charge in [-0.25, -0.2) is 4.39 Å². The lowest BCUT2D eigenvalue weighted by atomic mass is 10.1. The minimum Gasteiger partial charge on any atom is -0.371 e. The van der Waals surface area contributed by atoms with Gasteiger partial charge < -0.3 is 10.1 Å². The molecule has 1 aromatic carbocycles. The molecule has 0 aliphatic carbocycles. The van der Waals surface area contributed by atoms with Crippen molar-refractivity contribution < 1.29 is 13.9 Å². The molecule has 1 amide bonds. The number of ether oxygens (including phenoxy) is 1. The van der Waals surface area contributed by atoms with Crippen molar-refractivity contribution in [2.75, 3.05) is 31.6 Å². The molecule has 0 unspecified atom stereocenters. The summed E-state index contributed by atoms with van der Waals surface area (Å²) >= 11 is 0. The Morgan fingerprint density at radius 3 is 2.93 bits per heavy atom. The van der Waals surface area contributed by atoms with Gasteiger partial charge in [-0.05, 0) is 35.7 Å². The van der Waals surface area contributed by atoms with Crippen molar-refractivity contribution >= 4 is 11.6 Å². The number of benzene rings is 1. The first-order chi connectivity index (χ1) is 13.5. The summed E-state index contributed by atoms with van der Waals surface area (Å²) < 4.78 is 20.4. The molecule has 1 aromatic heterocycles. The van der Waals surface area contributed by atoms with Crippen molar-refractivity contribution in [1.29, 1.82) is 5.26 Å². The van der Waals surface area contributed by atoms with Crippen molar-refractivity contribution in [2.24, 2.45) is 0 Å². The van der Waals surface area contributed by atoms with E-state index < -0.39 is 11.7 Å². The van der Waals surface area contributed by atoms with Crippen LogP contribution in [0.1, 0.15) is 41.6 Å². The van der Waals surface area contributed by atoms with E-state index in [1.807, 2.05) is 6.07 Å². The molecule has 145 valence electrons. The number of nitrogens with one attached hydrogen (secondary N) is 1. The van der Waals surface area contributed by atoms with Crippen LogP contribution in [0, 0.1) is 23.1 Å². The minimum atomic E-state index is -0.571. The maximum absolute atomic E-state index is 14.6. The van der Waals surface area contributed by atoms with Crippen LogP contribution >= 0.6 is 0 Å². The second-order valence-corrected chi connectivity index (χ2v) is 7.04. The summed E-state index contributed by atoms with van der Waals surface area (Å²) in [6.45, 7) is 7.21. The van der Waals surface area contributed by atoms with Gasteiger partial charge >= 0.3 is 0 Å². The molecule has 6 nitrogen and oxygen atoms in total. The standard InChI is InChI=1S/C21H22FN4O2/c1-14(2)12-26-7-8-28-20(13-26)16-3-4-18(17(22)10-16)25-21(27)19-9-15(11-23)5-6-24-19/h3-6,9-10,20H,7-8,12-13H2,1-2H3,(H,25,27)/t20-/m1/s1. The Morgan fingerprint density at radius 1 is 1.39 bits per heavy atom. The van der Waals surface area contributed by atoms with Gasteiger partial charge in [0.1, 0.15) is 11.5 Å². The lowest BCUT2D eigenvalue weighted by Gasteiger charge is -2.34. The molecule has 3 rings (SSSR count). The molecule has 0 spiro atoms. The van der Waals surface area contributed by atoms with E-state index in [0.29, 0.717) is 18.7 Å². The van der Waals surface area contributed by atoms with Gasteiger partial charge in [0.05, 0.1) is 30.0 Å². The molecule has 2 aromatic rings. The Labute approximate surface area is 163 Å². The first-order valence-electron chi connectivity index (χ1n) is 9.06. The number of anilines is 1. The number of nitrogens with zero attached hydrogens (tertiary/aromatic N) is 3. The smallest absolute Gasteiger partial charge is 0.274 e. The molecule has 0 bridgehead atoms. The zero-order valence-corrected chi connectivity index (χ0v) is 15.9. The van der Waals surface area contributed by atoms with Crippen LogP contribution in [0.4, 0.5) is 10.1 Å². The van der Waals surface area contributed by atoms with Gasteiger partial charge in [0.15, 0.2) is 0 Å². The van der Waals surface area contributed by atoms with Crippen molar-refractivity contribution in [3.63, 3.8) is 0 Å². The summed E-state index contributed by atoms with van der Waals surface area (Å²) in [4.78, 5) is 18.5. The fourth-order valence-electron chi connectivity index (χ4n) is 3.14. The fraction of sp³-hybridized carbons (Fsp3) is 0.333. The zero-order valence-electron chi connectivity index (χ0n) is 15.9. The molecular formula is C21H22FN4O2. The summed E-state index contributed by atoms with van der Waals surface area (Å²) in [5.41, 5.74) is 1.16. The van der Waals surface area contributed by atoms with Gasteiger partial charge in [-0.1, -0.05) is 19.9 Å². The number of morpholine rings is 1. The first kappa shape index (κ1) is 19.9. The molecule has 1 aliphatic heterocycles. The molecule has 1 saturated heterocycles. The quantitative estimate of drug-likeness (QED) is 0.859. The predicted molar refractivity (Wildman–Crippen MR) is 103 cm³/mol. The van der Waals surface area contributed by atoms with Gasteiger partial charge in [-0.3, -0.25) is 14.7 Å². The number of carbonyl (C=O) groups excluding carboxylic acids is 1. The number of amides is 1. The average molecular weight is 381 g/mol. The highest BCUT2D eigenvalue weighted by Crippen LogP contribution is 2.26. The van der Waals surface area contributed by atoms with Gasteiger partial charge in [-0.15, -0.1) is 0 Å². The van der Waals surface area contributed by atoms with E-state index in [0.717, 1.165) is 18.7 Å². The number of pyridine rings is 1. The third-order valence-electron chi connectivity index (χ3n) is 4.43. The number of nitriles is 1. The Kier molecular flexibility index (Phi) is 6.34. The Hall–Kier alpha value is -2.82. The van der Waals surface area contributed by atoms with E-state index in [-0.39, 0.29) is 17.5 Å². The molecule has 28 heavy (non-hydrogen) atoms. The molecule has 1 aliphatic rings. The topological polar surface area (TPSA) is 78.2 Å². The molecule has 1 radical (unpaired) electrons. The monoisotopic (exact) mass is 381 g/mol. The van der Waals surface area contributed by atoms with Crippen LogP contribution in [-0.4, -0.2) is 42.0 Å². The third-order valence-corrected chi connectivity index (χ3v) is 4.43. The number of halogens is 1. The lowest BCUT2D eigenvalue weighted by molar-refractivity contribution is -0.0284. The van der Waals surface area contributed by atoms with E-state index in [9.17, 15) is 9.18 Å². The number of carbonyl (C=O) groups is 1. The van der Waals surface area contributed by atoms with E-state index >= 15 is 0 Å². The SMILES string of the molecule is C[C](C)CN1CCO[C@@H](c2ccc(NC(=O)c3cc(C#N)ccn3)c(F)c2)C1. The minimum absolute atomic E-state index is 0.0555. The first-order valence-corrected chi connectivity index (χ1v) is 9.06. The maximum Gasteiger partial charge on any atom is 0.274 e. The van der Waals surface area contributed by atoms with Gasteiger partial charge in [0.25, 0.3) is 5.91 Å². The zero-order chi connectivity index (χ0) is 20.1. The molecule has 7 heteroatoms. The van der Waals surface area contributed by atoms with Crippen LogP contribution in [-0.2, 0) is 4.74 Å². The number of rotatable bonds is 5. The summed E-state index contributed by atoms with van der Waals surface area (Å²) in [6, 6.07) is 9.48. The highest BCUT2D eigenvalue weighted by atomic mass is 19.1. The van der Waals surface area contributed by atoms with E-state index in [1.54, 1.807) is 6.07 Å². The van der Waals surface area contributed by atoms with Crippen molar-refractivity contribution in [3.05, 3.63) is 65.1 Å². The Morgan fingerprint density at radius 2 is 2.21 bits per heavy atom. The second-order valence-electron chi connectivity index (χ2n) is 7.04. The van der Waals surface area contributed by atoms with Crippen LogP contribution in [0.25, 0.3) is 0 Å². The summed E-state index contributed by atoms with van der Waals surface area (Å²) in [6.07, 6.45) is 1.16. The lowest BCUT2D eigenvalue weighted by Crippen LogP contribution is -2.39. The third kappa shape index (κ3) is 4.91. The Balaban J connectivity index is 1.70. The molecule has 1 N–H and O–H groups in total. The summed E-state index contributed by atoms with van der Waals surface area (Å²) in [5, 5.41) is 11.4. The van der Waals surface area contributed by atoms with Crippen LogP contribution < -0.4 is 5.32 Å². The maximum atomic E-state index is 14.6. The van der Waals surface area contributed by atoms with Gasteiger partial charge in [0, 0.05) is 25.8 Å². The Bertz CT molecular complexity index is 894. The van der Waals surface area contributed by atoms with Crippen LogP contribution in [0.15, 0.2) is 36.5 Å². The summed E-state index contributed by atoms with van der Waals surface area (Å²) in [7, 11) is 0. The highest BCUT2D eigenvalue weighted by Gasteiger charge is 2.23. The molecular weight excluding hydrogens is 359 g/mol. The normalized spacial score (nSPS) is 17.3. The van der Waals surface area contributed by atoms with Crippen LogP contribution in [0.2, 0.25) is 0 Å². The fourth-order valence-corrected chi connectivity index (χ4v) is 3.14. The summed E-state index contributed by atoms with van der Waals surface area (Å²) in [5.74, 6) is 0.206. The van der Waals surface area contributed by atoms with E-state index in [2.05, 4.69) is 29.0 Å². The molecule has 2 heterocycles. The van der Waals surface area contributed by atoms with Crippen molar-refractivity contribution in [3.8, 4) is 6.07 Å². The van der Waals surface area contributed by atoms with Crippen LogP contribution in [0.5, 0.6) is 0 Å². The average Bonchev–Trinajstić information content (AvgIpc) is 2.69.